The molecule has 0 unspecified atom stereocenters. The first kappa shape index (κ1) is 15.9. The number of carbonyl (C=O) groups is 1. The average Bonchev–Trinajstić information content (AvgIpc) is 3.01. The van der Waals surface area contributed by atoms with E-state index in [1.165, 1.54) is 5.56 Å². The van der Waals surface area contributed by atoms with E-state index in [1.807, 2.05) is 60.1 Å². The quantitative estimate of drug-likeness (QED) is 0.794. The van der Waals surface area contributed by atoms with Gasteiger partial charge in [0, 0.05) is 18.2 Å². The van der Waals surface area contributed by atoms with E-state index < -0.39 is 0 Å². The van der Waals surface area contributed by atoms with Crippen molar-refractivity contribution >= 4 is 11.6 Å². The zero-order chi connectivity index (χ0) is 17.1. The molecule has 0 aliphatic heterocycles. The summed E-state index contributed by atoms with van der Waals surface area (Å²) in [4.78, 5) is 12.5. The third-order valence-electron chi connectivity index (χ3n) is 3.97. The maximum atomic E-state index is 12.5. The first-order valence-electron chi connectivity index (χ1n) is 7.91. The molecule has 24 heavy (non-hydrogen) atoms. The molecular formula is C19H20N4O. The first-order chi connectivity index (χ1) is 11.6. The molecule has 3 rings (SSSR count). The third kappa shape index (κ3) is 3.20. The van der Waals surface area contributed by atoms with Crippen molar-refractivity contribution in [3.05, 3.63) is 66.0 Å². The van der Waals surface area contributed by atoms with Gasteiger partial charge in [-0.25, -0.2) is 0 Å². The van der Waals surface area contributed by atoms with E-state index in [1.54, 1.807) is 6.33 Å². The van der Waals surface area contributed by atoms with Crippen molar-refractivity contribution in [3.8, 4) is 11.4 Å². The molecule has 0 radical (unpaired) electrons. The van der Waals surface area contributed by atoms with Crippen molar-refractivity contribution in [2.24, 2.45) is 7.05 Å². The molecule has 1 heterocycles. The minimum absolute atomic E-state index is 0.139. The van der Waals surface area contributed by atoms with Crippen LogP contribution < -0.4 is 5.32 Å². The number of nitrogens with zero attached hydrogens (tertiary/aromatic N) is 3. The Kier molecular flexibility index (Phi) is 4.42. The predicted molar refractivity (Wildman–Crippen MR) is 94.9 cm³/mol. The van der Waals surface area contributed by atoms with Crippen molar-refractivity contribution in [1.82, 2.24) is 14.8 Å². The van der Waals surface area contributed by atoms with Crippen LogP contribution in [-0.2, 0) is 7.05 Å². The van der Waals surface area contributed by atoms with Crippen molar-refractivity contribution < 1.29 is 4.79 Å². The van der Waals surface area contributed by atoms with Crippen LogP contribution in [0.1, 0.15) is 35.7 Å². The fourth-order valence-electron chi connectivity index (χ4n) is 2.53. The minimum atomic E-state index is -0.139. The Labute approximate surface area is 141 Å². The molecule has 0 saturated heterocycles. The van der Waals surface area contributed by atoms with Gasteiger partial charge in [0.15, 0.2) is 5.82 Å². The number of rotatable bonds is 4. The highest BCUT2D eigenvalue weighted by atomic mass is 16.1. The fraction of sp³-hybridized carbons (Fsp3) is 0.211. The van der Waals surface area contributed by atoms with E-state index in [0.717, 1.165) is 5.56 Å². The van der Waals surface area contributed by atoms with E-state index in [2.05, 4.69) is 29.4 Å². The van der Waals surface area contributed by atoms with Gasteiger partial charge in [0.05, 0.1) is 5.69 Å². The first-order valence-corrected chi connectivity index (χ1v) is 7.91. The number of hydrogen-bond acceptors (Lipinski definition) is 3. The zero-order valence-electron chi connectivity index (χ0n) is 14.0. The smallest absolute Gasteiger partial charge is 0.255 e. The standard InChI is InChI=1S/C19H20N4O/c1-13(2)14-8-10-15(11-9-14)19(24)21-17-7-5-4-6-16(17)18-22-20-12-23(18)3/h4-13H,1-3H3,(H,21,24). The van der Waals surface area contributed by atoms with Crippen LogP contribution in [0.2, 0.25) is 0 Å². The van der Waals surface area contributed by atoms with Crippen LogP contribution in [0.25, 0.3) is 11.4 Å². The Hall–Kier alpha value is -2.95. The fourth-order valence-corrected chi connectivity index (χ4v) is 2.53. The Morgan fingerprint density at radius 3 is 2.42 bits per heavy atom. The second-order valence-electron chi connectivity index (χ2n) is 6.04. The Morgan fingerprint density at radius 1 is 1.08 bits per heavy atom. The van der Waals surface area contributed by atoms with E-state index in [-0.39, 0.29) is 5.91 Å². The van der Waals surface area contributed by atoms with Crippen LogP contribution in [0, 0.1) is 0 Å². The van der Waals surface area contributed by atoms with Crippen molar-refractivity contribution in [1.29, 1.82) is 0 Å². The number of hydrogen-bond donors (Lipinski definition) is 1. The SMILES string of the molecule is CC(C)c1ccc(C(=O)Nc2ccccc2-c2nncn2C)cc1. The van der Waals surface area contributed by atoms with Crippen molar-refractivity contribution in [2.45, 2.75) is 19.8 Å². The molecule has 0 atom stereocenters. The molecule has 0 aliphatic rings. The van der Waals surface area contributed by atoms with Crippen molar-refractivity contribution in [3.63, 3.8) is 0 Å². The van der Waals surface area contributed by atoms with Crippen LogP contribution in [0.15, 0.2) is 54.9 Å². The van der Waals surface area contributed by atoms with Gasteiger partial charge < -0.3 is 9.88 Å². The highest BCUT2D eigenvalue weighted by Crippen LogP contribution is 2.26. The van der Waals surface area contributed by atoms with E-state index >= 15 is 0 Å². The molecule has 1 N–H and O–H groups in total. The molecule has 2 aromatic carbocycles. The summed E-state index contributed by atoms with van der Waals surface area (Å²) >= 11 is 0. The predicted octanol–water partition coefficient (Wildman–Crippen LogP) is 3.86. The van der Waals surface area contributed by atoms with Crippen LogP contribution >= 0.6 is 0 Å². The number of aromatic nitrogens is 3. The monoisotopic (exact) mass is 320 g/mol. The summed E-state index contributed by atoms with van der Waals surface area (Å²) in [5.74, 6) is 1.01. The molecule has 5 heteroatoms. The molecule has 1 amide bonds. The summed E-state index contributed by atoms with van der Waals surface area (Å²) in [6, 6.07) is 15.3. The highest BCUT2D eigenvalue weighted by molar-refractivity contribution is 6.06. The molecule has 122 valence electrons. The van der Waals surface area contributed by atoms with Gasteiger partial charge in [0.1, 0.15) is 6.33 Å². The molecule has 0 spiro atoms. The van der Waals surface area contributed by atoms with Gasteiger partial charge in [0.2, 0.25) is 0 Å². The molecular weight excluding hydrogens is 300 g/mol. The van der Waals surface area contributed by atoms with Crippen molar-refractivity contribution in [2.75, 3.05) is 5.32 Å². The lowest BCUT2D eigenvalue weighted by atomic mass is 10.0. The van der Waals surface area contributed by atoms with E-state index in [4.69, 9.17) is 0 Å². The van der Waals surface area contributed by atoms with Crippen LogP contribution in [0.4, 0.5) is 5.69 Å². The highest BCUT2D eigenvalue weighted by Gasteiger charge is 2.13. The minimum Gasteiger partial charge on any atom is -0.321 e. The average molecular weight is 320 g/mol. The maximum absolute atomic E-state index is 12.5. The number of nitrogens with one attached hydrogen (secondary N) is 1. The normalized spacial score (nSPS) is 10.8. The topological polar surface area (TPSA) is 59.8 Å². The second-order valence-corrected chi connectivity index (χ2v) is 6.04. The number of benzene rings is 2. The number of amides is 1. The lowest BCUT2D eigenvalue weighted by Crippen LogP contribution is -2.13. The molecule has 0 bridgehead atoms. The molecule has 1 aromatic heterocycles. The summed E-state index contributed by atoms with van der Waals surface area (Å²) in [6.07, 6.45) is 1.64. The lowest BCUT2D eigenvalue weighted by Gasteiger charge is -2.11. The van der Waals surface area contributed by atoms with Gasteiger partial charge in [-0.1, -0.05) is 38.1 Å². The number of carbonyl (C=O) groups excluding carboxylic acids is 1. The summed E-state index contributed by atoms with van der Waals surface area (Å²) in [7, 11) is 1.87. The van der Waals surface area contributed by atoms with Gasteiger partial charge in [-0.05, 0) is 35.7 Å². The summed E-state index contributed by atoms with van der Waals surface area (Å²) in [6.45, 7) is 4.26. The Balaban J connectivity index is 1.86. The summed E-state index contributed by atoms with van der Waals surface area (Å²) < 4.78 is 1.82. The molecule has 0 saturated carbocycles. The molecule has 0 fully saturated rings. The Morgan fingerprint density at radius 2 is 1.79 bits per heavy atom. The van der Waals surface area contributed by atoms with Gasteiger partial charge in [-0.15, -0.1) is 10.2 Å². The molecule has 5 nitrogen and oxygen atoms in total. The summed E-state index contributed by atoms with van der Waals surface area (Å²) in [5.41, 5.74) is 3.40. The Bertz CT molecular complexity index is 850. The van der Waals surface area contributed by atoms with E-state index in [0.29, 0.717) is 23.0 Å². The largest absolute Gasteiger partial charge is 0.321 e. The molecule has 3 aromatic rings. The summed E-state index contributed by atoms with van der Waals surface area (Å²) in [5, 5.41) is 11.0. The van der Waals surface area contributed by atoms with E-state index in [9.17, 15) is 4.79 Å². The number of aryl methyl sites for hydroxylation is 1. The van der Waals surface area contributed by atoms with Gasteiger partial charge in [-0.2, -0.15) is 0 Å². The van der Waals surface area contributed by atoms with Gasteiger partial charge >= 0.3 is 0 Å². The third-order valence-corrected chi connectivity index (χ3v) is 3.97. The van der Waals surface area contributed by atoms with Gasteiger partial charge in [0.25, 0.3) is 5.91 Å². The van der Waals surface area contributed by atoms with Crippen LogP contribution in [0.5, 0.6) is 0 Å². The number of para-hydroxylation sites is 1. The number of anilines is 1. The maximum Gasteiger partial charge on any atom is 0.255 e. The zero-order valence-corrected chi connectivity index (χ0v) is 14.0. The van der Waals surface area contributed by atoms with Crippen LogP contribution in [0.3, 0.4) is 0 Å². The lowest BCUT2D eigenvalue weighted by molar-refractivity contribution is 0.102. The van der Waals surface area contributed by atoms with Crippen LogP contribution in [-0.4, -0.2) is 20.7 Å². The van der Waals surface area contributed by atoms with Gasteiger partial charge in [-0.3, -0.25) is 4.79 Å². The second kappa shape index (κ2) is 6.66. The molecule has 0 aliphatic carbocycles.